The summed E-state index contributed by atoms with van der Waals surface area (Å²) in [6.07, 6.45) is 4.80. The van der Waals surface area contributed by atoms with Crippen LogP contribution in [0.15, 0.2) is 24.3 Å². The van der Waals surface area contributed by atoms with Crippen molar-refractivity contribution in [2.24, 2.45) is 0 Å². The van der Waals surface area contributed by atoms with Crippen LogP contribution in [0, 0.1) is 0 Å². The van der Waals surface area contributed by atoms with Crippen LogP contribution in [0.4, 0.5) is 5.69 Å². The summed E-state index contributed by atoms with van der Waals surface area (Å²) in [4.78, 5) is 19.4. The zero-order chi connectivity index (χ0) is 17.6. The highest BCUT2D eigenvalue weighted by molar-refractivity contribution is 5.94. The molecule has 2 aliphatic rings. The van der Waals surface area contributed by atoms with Gasteiger partial charge in [0.15, 0.2) is 0 Å². The van der Waals surface area contributed by atoms with E-state index in [0.717, 1.165) is 51.3 Å². The molecular weight excluding hydrogens is 314 g/mol. The third-order valence-electron chi connectivity index (χ3n) is 5.64. The maximum atomic E-state index is 12.7. The van der Waals surface area contributed by atoms with Crippen LogP contribution >= 0.6 is 0 Å². The van der Waals surface area contributed by atoms with Gasteiger partial charge in [-0.1, -0.05) is 6.92 Å². The first kappa shape index (κ1) is 18.2. The van der Waals surface area contributed by atoms with E-state index in [0.29, 0.717) is 0 Å². The van der Waals surface area contributed by atoms with Gasteiger partial charge in [-0.3, -0.25) is 9.69 Å². The average molecular weight is 345 g/mol. The Morgan fingerprint density at radius 1 is 1.00 bits per heavy atom. The van der Waals surface area contributed by atoms with Crippen LogP contribution in [0.2, 0.25) is 0 Å². The fraction of sp³-hybridized carbons (Fsp3) is 0.650. The van der Waals surface area contributed by atoms with Crippen molar-refractivity contribution < 1.29 is 9.90 Å². The van der Waals surface area contributed by atoms with Crippen LogP contribution < -0.4 is 4.90 Å². The number of anilines is 1. The third kappa shape index (κ3) is 4.33. The molecule has 0 aliphatic carbocycles. The molecule has 0 bridgehead atoms. The molecule has 1 atom stereocenters. The SMILES string of the molecule is CCC(CO)N1CCN(C(=O)c2ccc(N3CCCCC3)cc2)CC1. The number of hydrogen-bond acceptors (Lipinski definition) is 4. The molecule has 138 valence electrons. The minimum absolute atomic E-state index is 0.127. The number of aliphatic hydroxyl groups excluding tert-OH is 1. The van der Waals surface area contributed by atoms with Crippen molar-refractivity contribution >= 4 is 11.6 Å². The average Bonchev–Trinajstić information content (AvgIpc) is 2.70. The summed E-state index contributed by atoms with van der Waals surface area (Å²) in [7, 11) is 0. The standard InChI is InChI=1S/C20H31N3O2/c1-2-18(16-24)22-12-14-23(15-13-22)20(25)17-6-8-19(9-7-17)21-10-4-3-5-11-21/h6-9,18,24H,2-5,10-16H2,1H3. The molecule has 25 heavy (non-hydrogen) atoms. The lowest BCUT2D eigenvalue weighted by molar-refractivity contribution is 0.0472. The molecule has 1 N–H and O–H groups in total. The Balaban J connectivity index is 1.56. The van der Waals surface area contributed by atoms with Gasteiger partial charge >= 0.3 is 0 Å². The van der Waals surface area contributed by atoms with Crippen LogP contribution in [0.25, 0.3) is 0 Å². The van der Waals surface area contributed by atoms with Crippen LogP contribution in [0.5, 0.6) is 0 Å². The number of piperazine rings is 1. The first-order valence-corrected chi connectivity index (χ1v) is 9.72. The summed E-state index contributed by atoms with van der Waals surface area (Å²) in [6, 6.07) is 8.35. The summed E-state index contributed by atoms with van der Waals surface area (Å²) < 4.78 is 0. The normalized spacial score (nSPS) is 20.6. The Bertz CT molecular complexity index is 543. The number of benzene rings is 1. The maximum absolute atomic E-state index is 12.7. The van der Waals surface area contributed by atoms with Crippen LogP contribution in [0.3, 0.4) is 0 Å². The second kappa shape index (κ2) is 8.68. The number of rotatable bonds is 5. The molecule has 1 unspecified atom stereocenters. The van der Waals surface area contributed by atoms with Crippen molar-refractivity contribution in [3.05, 3.63) is 29.8 Å². The van der Waals surface area contributed by atoms with Gasteiger partial charge in [0, 0.05) is 56.6 Å². The van der Waals surface area contributed by atoms with Crippen LogP contribution in [-0.4, -0.2) is 72.7 Å². The van der Waals surface area contributed by atoms with Gasteiger partial charge in [0.05, 0.1) is 6.61 Å². The fourth-order valence-corrected chi connectivity index (χ4v) is 3.94. The van der Waals surface area contributed by atoms with Crippen molar-refractivity contribution in [2.75, 3.05) is 50.8 Å². The molecule has 1 aromatic carbocycles. The molecule has 0 radical (unpaired) electrons. The molecule has 2 aliphatic heterocycles. The van der Waals surface area contributed by atoms with Crippen molar-refractivity contribution in [1.29, 1.82) is 0 Å². The second-order valence-corrected chi connectivity index (χ2v) is 7.17. The molecule has 1 aromatic rings. The smallest absolute Gasteiger partial charge is 0.253 e. The first-order valence-electron chi connectivity index (χ1n) is 9.72. The number of nitrogens with zero attached hydrogens (tertiary/aromatic N) is 3. The molecule has 2 fully saturated rings. The molecule has 0 spiro atoms. The highest BCUT2D eigenvalue weighted by Crippen LogP contribution is 2.21. The lowest BCUT2D eigenvalue weighted by Gasteiger charge is -2.38. The van der Waals surface area contributed by atoms with E-state index in [2.05, 4.69) is 28.9 Å². The summed E-state index contributed by atoms with van der Waals surface area (Å²) in [5, 5.41) is 9.44. The first-order chi connectivity index (χ1) is 12.2. The third-order valence-corrected chi connectivity index (χ3v) is 5.64. The predicted molar refractivity (Wildman–Crippen MR) is 101 cm³/mol. The Kier molecular flexibility index (Phi) is 6.32. The molecular formula is C20H31N3O2. The monoisotopic (exact) mass is 345 g/mol. The number of aliphatic hydroxyl groups is 1. The number of piperidine rings is 1. The van der Waals surface area contributed by atoms with Gasteiger partial charge in [-0.05, 0) is 49.9 Å². The van der Waals surface area contributed by atoms with Crippen molar-refractivity contribution in [3.8, 4) is 0 Å². The van der Waals surface area contributed by atoms with E-state index in [-0.39, 0.29) is 18.6 Å². The molecule has 1 amide bonds. The van der Waals surface area contributed by atoms with Gasteiger partial charge in [-0.25, -0.2) is 0 Å². The van der Waals surface area contributed by atoms with Gasteiger partial charge < -0.3 is 14.9 Å². The summed E-state index contributed by atoms with van der Waals surface area (Å²) in [5.41, 5.74) is 2.01. The highest BCUT2D eigenvalue weighted by atomic mass is 16.3. The second-order valence-electron chi connectivity index (χ2n) is 7.17. The number of hydrogen-bond donors (Lipinski definition) is 1. The molecule has 0 saturated carbocycles. The summed E-state index contributed by atoms with van der Waals surface area (Å²) >= 11 is 0. The number of carbonyl (C=O) groups is 1. The van der Waals surface area contributed by atoms with Crippen molar-refractivity contribution in [3.63, 3.8) is 0 Å². The van der Waals surface area contributed by atoms with Gasteiger partial charge in [0.25, 0.3) is 5.91 Å². The van der Waals surface area contributed by atoms with Crippen LogP contribution in [0.1, 0.15) is 43.0 Å². The van der Waals surface area contributed by atoms with E-state index >= 15 is 0 Å². The molecule has 3 rings (SSSR count). The van der Waals surface area contributed by atoms with Gasteiger partial charge in [-0.15, -0.1) is 0 Å². The number of amides is 1. The molecule has 5 nitrogen and oxygen atoms in total. The molecule has 2 heterocycles. The van der Waals surface area contributed by atoms with E-state index in [4.69, 9.17) is 0 Å². The topological polar surface area (TPSA) is 47.0 Å². The van der Waals surface area contributed by atoms with E-state index < -0.39 is 0 Å². The predicted octanol–water partition coefficient (Wildman–Crippen LogP) is 2.21. The Morgan fingerprint density at radius 3 is 2.20 bits per heavy atom. The lowest BCUT2D eigenvalue weighted by Crippen LogP contribution is -2.52. The zero-order valence-corrected chi connectivity index (χ0v) is 15.4. The Hall–Kier alpha value is -1.59. The molecule has 2 saturated heterocycles. The summed E-state index contributed by atoms with van der Waals surface area (Å²) in [5.74, 6) is 0.127. The van der Waals surface area contributed by atoms with Gasteiger partial charge in [-0.2, -0.15) is 0 Å². The lowest BCUT2D eigenvalue weighted by atomic mass is 10.1. The van der Waals surface area contributed by atoms with E-state index in [1.807, 2.05) is 17.0 Å². The zero-order valence-electron chi connectivity index (χ0n) is 15.4. The highest BCUT2D eigenvalue weighted by Gasteiger charge is 2.25. The van der Waals surface area contributed by atoms with Crippen molar-refractivity contribution in [2.45, 2.75) is 38.6 Å². The molecule has 0 aromatic heterocycles. The van der Waals surface area contributed by atoms with Crippen LogP contribution in [-0.2, 0) is 0 Å². The fourth-order valence-electron chi connectivity index (χ4n) is 3.94. The quantitative estimate of drug-likeness (QED) is 0.889. The molecule has 5 heteroatoms. The Labute approximate surface area is 151 Å². The number of carbonyl (C=O) groups excluding carboxylic acids is 1. The van der Waals surface area contributed by atoms with E-state index in [1.54, 1.807) is 0 Å². The van der Waals surface area contributed by atoms with E-state index in [1.165, 1.54) is 24.9 Å². The minimum Gasteiger partial charge on any atom is -0.395 e. The maximum Gasteiger partial charge on any atom is 0.253 e. The van der Waals surface area contributed by atoms with Gasteiger partial charge in [0.1, 0.15) is 0 Å². The Morgan fingerprint density at radius 2 is 1.64 bits per heavy atom. The van der Waals surface area contributed by atoms with Crippen molar-refractivity contribution in [1.82, 2.24) is 9.80 Å². The summed E-state index contributed by atoms with van der Waals surface area (Å²) in [6.45, 7) is 7.71. The van der Waals surface area contributed by atoms with Gasteiger partial charge in [0.2, 0.25) is 0 Å². The minimum atomic E-state index is 0.127. The van der Waals surface area contributed by atoms with E-state index in [9.17, 15) is 9.90 Å². The largest absolute Gasteiger partial charge is 0.395 e.